The molecule has 0 aliphatic carbocycles. The summed E-state index contributed by atoms with van der Waals surface area (Å²) in [5.41, 5.74) is 6.16. The molecule has 1 fully saturated rings. The fourth-order valence-electron chi connectivity index (χ4n) is 1.76. The van der Waals surface area contributed by atoms with Crippen molar-refractivity contribution in [2.24, 2.45) is 5.73 Å². The quantitative estimate of drug-likeness (QED) is 0.903. The van der Waals surface area contributed by atoms with Crippen LogP contribution < -0.4 is 5.73 Å². The minimum Gasteiger partial charge on any atom is -0.376 e. The van der Waals surface area contributed by atoms with Gasteiger partial charge in [-0.1, -0.05) is 11.6 Å². The number of nitrogens with two attached hydrogens (primary N) is 1. The zero-order valence-corrected chi connectivity index (χ0v) is 11.4. The number of halogens is 2. The molecule has 0 bridgehead atoms. The molecule has 84 valence electrons. The van der Waals surface area contributed by atoms with Gasteiger partial charge in [-0.15, -0.1) is 11.3 Å². The van der Waals surface area contributed by atoms with E-state index in [0.717, 1.165) is 33.1 Å². The van der Waals surface area contributed by atoms with Crippen molar-refractivity contribution in [1.29, 1.82) is 0 Å². The number of thiophene rings is 1. The normalized spacial score (nSPS) is 24.1. The van der Waals surface area contributed by atoms with Gasteiger partial charge in [0.1, 0.15) is 0 Å². The molecular formula is C10H13BrClNOS. The van der Waals surface area contributed by atoms with Crippen LogP contribution in [0.25, 0.3) is 0 Å². The van der Waals surface area contributed by atoms with E-state index in [2.05, 4.69) is 15.9 Å². The largest absolute Gasteiger partial charge is 0.376 e. The number of hydrogen-bond donors (Lipinski definition) is 1. The summed E-state index contributed by atoms with van der Waals surface area (Å²) >= 11 is 11.0. The molecular weight excluding hydrogens is 298 g/mol. The van der Waals surface area contributed by atoms with Crippen molar-refractivity contribution in [1.82, 2.24) is 0 Å². The minimum absolute atomic E-state index is 0.0425. The van der Waals surface area contributed by atoms with E-state index in [-0.39, 0.29) is 12.1 Å². The zero-order chi connectivity index (χ0) is 10.8. The molecule has 0 radical (unpaired) electrons. The van der Waals surface area contributed by atoms with Gasteiger partial charge in [0.25, 0.3) is 0 Å². The second-order valence-corrected chi connectivity index (χ2v) is 6.51. The fourth-order valence-corrected chi connectivity index (χ4v) is 3.56. The summed E-state index contributed by atoms with van der Waals surface area (Å²) in [5, 5.41) is 0.737. The van der Waals surface area contributed by atoms with E-state index in [1.54, 1.807) is 11.3 Å². The smallest absolute Gasteiger partial charge is 0.0888 e. The number of ether oxygens (including phenoxy) is 1. The van der Waals surface area contributed by atoms with E-state index in [9.17, 15) is 0 Å². The Hall–Kier alpha value is 0.390. The van der Waals surface area contributed by atoms with Crippen molar-refractivity contribution in [3.63, 3.8) is 0 Å². The maximum atomic E-state index is 6.16. The second-order valence-electron chi connectivity index (χ2n) is 3.70. The first-order valence-electron chi connectivity index (χ1n) is 5.00. The number of hydrogen-bond acceptors (Lipinski definition) is 3. The van der Waals surface area contributed by atoms with Gasteiger partial charge in [0.2, 0.25) is 0 Å². The minimum atomic E-state index is -0.0425. The first-order chi connectivity index (χ1) is 7.18. The monoisotopic (exact) mass is 309 g/mol. The fraction of sp³-hybridized carbons (Fsp3) is 0.600. The lowest BCUT2D eigenvalue weighted by atomic mass is 10.0. The lowest BCUT2D eigenvalue weighted by molar-refractivity contribution is 0.000670. The average Bonchev–Trinajstić information content (AvgIpc) is 2.59. The van der Waals surface area contributed by atoms with Gasteiger partial charge in [0.15, 0.2) is 0 Å². The molecule has 0 amide bonds. The first kappa shape index (κ1) is 11.9. The van der Waals surface area contributed by atoms with Gasteiger partial charge in [0, 0.05) is 11.5 Å². The third-order valence-electron chi connectivity index (χ3n) is 2.61. The highest BCUT2D eigenvalue weighted by Crippen LogP contribution is 2.37. The molecule has 0 aromatic carbocycles. The van der Waals surface area contributed by atoms with Crippen LogP contribution in [0, 0.1) is 0 Å². The molecule has 2 unspecified atom stereocenters. The summed E-state index contributed by atoms with van der Waals surface area (Å²) in [6, 6.07) is 1.89. The molecule has 1 aromatic rings. The van der Waals surface area contributed by atoms with E-state index in [0.29, 0.717) is 0 Å². The molecule has 0 spiro atoms. The first-order valence-corrected chi connectivity index (χ1v) is 6.99. The molecule has 1 aliphatic heterocycles. The van der Waals surface area contributed by atoms with Gasteiger partial charge in [-0.25, -0.2) is 0 Å². The average molecular weight is 311 g/mol. The highest BCUT2D eigenvalue weighted by molar-refractivity contribution is 9.11. The SMILES string of the molecule is NC(c1cc(Cl)c(Br)s1)C1CCCCO1. The van der Waals surface area contributed by atoms with Crippen LogP contribution in [-0.2, 0) is 4.74 Å². The molecule has 2 heterocycles. The highest BCUT2D eigenvalue weighted by atomic mass is 79.9. The van der Waals surface area contributed by atoms with Crippen LogP contribution in [0.4, 0.5) is 0 Å². The molecule has 2 atom stereocenters. The van der Waals surface area contributed by atoms with Crippen molar-refractivity contribution in [2.75, 3.05) is 6.61 Å². The Labute approximate surface area is 107 Å². The topological polar surface area (TPSA) is 35.2 Å². The van der Waals surface area contributed by atoms with Crippen molar-refractivity contribution >= 4 is 38.9 Å². The summed E-state index contributed by atoms with van der Waals surface area (Å²) in [7, 11) is 0. The van der Waals surface area contributed by atoms with Crippen LogP contribution in [0.2, 0.25) is 5.02 Å². The Morgan fingerprint density at radius 2 is 2.40 bits per heavy atom. The molecule has 1 saturated heterocycles. The third-order valence-corrected chi connectivity index (χ3v) is 5.18. The van der Waals surface area contributed by atoms with Gasteiger partial charge in [-0.2, -0.15) is 0 Å². The molecule has 15 heavy (non-hydrogen) atoms. The van der Waals surface area contributed by atoms with Gasteiger partial charge < -0.3 is 10.5 Å². The van der Waals surface area contributed by atoms with Gasteiger partial charge >= 0.3 is 0 Å². The van der Waals surface area contributed by atoms with Crippen molar-refractivity contribution in [3.05, 3.63) is 19.8 Å². The Morgan fingerprint density at radius 3 is 2.93 bits per heavy atom. The number of rotatable bonds is 2. The molecule has 2 rings (SSSR count). The van der Waals surface area contributed by atoms with Crippen LogP contribution in [-0.4, -0.2) is 12.7 Å². The maximum absolute atomic E-state index is 6.16. The van der Waals surface area contributed by atoms with Gasteiger partial charge in [0.05, 0.1) is 21.0 Å². The lowest BCUT2D eigenvalue weighted by Gasteiger charge is -2.27. The van der Waals surface area contributed by atoms with Crippen LogP contribution in [0.15, 0.2) is 9.85 Å². The van der Waals surface area contributed by atoms with E-state index in [1.165, 1.54) is 6.42 Å². The van der Waals surface area contributed by atoms with Crippen molar-refractivity contribution < 1.29 is 4.74 Å². The molecule has 2 N–H and O–H groups in total. The third kappa shape index (κ3) is 2.74. The van der Waals surface area contributed by atoms with Crippen molar-refractivity contribution in [2.45, 2.75) is 31.4 Å². The van der Waals surface area contributed by atoms with E-state index in [4.69, 9.17) is 22.1 Å². The highest BCUT2D eigenvalue weighted by Gasteiger charge is 2.24. The second kappa shape index (κ2) is 5.15. The molecule has 5 heteroatoms. The Bertz CT molecular complexity index is 319. The van der Waals surface area contributed by atoms with Gasteiger partial charge in [-0.05, 0) is 41.3 Å². The van der Waals surface area contributed by atoms with Crippen LogP contribution in [0.5, 0.6) is 0 Å². The van der Waals surface area contributed by atoms with Crippen molar-refractivity contribution in [3.8, 4) is 0 Å². The summed E-state index contributed by atoms with van der Waals surface area (Å²) in [5.74, 6) is 0. The van der Waals surface area contributed by atoms with Crippen LogP contribution >= 0.6 is 38.9 Å². The molecule has 2 nitrogen and oxygen atoms in total. The molecule has 0 saturated carbocycles. The summed E-state index contributed by atoms with van der Waals surface area (Å²) in [4.78, 5) is 1.10. The zero-order valence-electron chi connectivity index (χ0n) is 8.21. The van der Waals surface area contributed by atoms with Crippen LogP contribution in [0.1, 0.15) is 30.2 Å². The van der Waals surface area contributed by atoms with E-state index >= 15 is 0 Å². The van der Waals surface area contributed by atoms with E-state index in [1.807, 2.05) is 6.07 Å². The summed E-state index contributed by atoms with van der Waals surface area (Å²) in [6.45, 7) is 0.832. The van der Waals surface area contributed by atoms with Crippen LogP contribution in [0.3, 0.4) is 0 Å². The summed E-state index contributed by atoms with van der Waals surface area (Å²) < 4.78 is 6.62. The van der Waals surface area contributed by atoms with Gasteiger partial charge in [-0.3, -0.25) is 0 Å². The maximum Gasteiger partial charge on any atom is 0.0888 e. The lowest BCUT2D eigenvalue weighted by Crippen LogP contribution is -2.31. The molecule has 1 aliphatic rings. The predicted octanol–water partition coefficient (Wildman–Crippen LogP) is 3.73. The van der Waals surface area contributed by atoms with E-state index < -0.39 is 0 Å². The Balaban J connectivity index is 2.08. The Morgan fingerprint density at radius 1 is 1.60 bits per heavy atom. The predicted molar refractivity (Wildman–Crippen MR) is 67.5 cm³/mol. The summed E-state index contributed by atoms with van der Waals surface area (Å²) in [6.07, 6.45) is 3.56. The molecule has 1 aromatic heterocycles. The standard InChI is InChI=1S/C10H13BrClNOS/c11-10-6(12)5-8(15-10)9(13)7-3-1-2-4-14-7/h5,7,9H,1-4,13H2. The Kier molecular flexibility index (Phi) is 4.07.